The lowest BCUT2D eigenvalue weighted by Crippen LogP contribution is -2.16. The summed E-state index contributed by atoms with van der Waals surface area (Å²) < 4.78 is 81.2. The number of H-pyrrole nitrogens is 1. The number of pyridine rings is 2. The van der Waals surface area contributed by atoms with Crippen LogP contribution in [0.3, 0.4) is 0 Å². The molecule has 0 unspecified atom stereocenters. The predicted octanol–water partition coefficient (Wildman–Crippen LogP) is 9.62. The van der Waals surface area contributed by atoms with Gasteiger partial charge in [-0.1, -0.05) is 12.1 Å². The highest BCUT2D eigenvalue weighted by molar-refractivity contribution is 9.11. The second kappa shape index (κ2) is 17.5. The summed E-state index contributed by atoms with van der Waals surface area (Å²) in [5.74, 6) is -0.689. The van der Waals surface area contributed by atoms with Crippen molar-refractivity contribution < 1.29 is 35.9 Å². The van der Waals surface area contributed by atoms with Crippen LogP contribution in [0.15, 0.2) is 91.9 Å². The monoisotopic (exact) mass is 964 g/mol. The number of nitrogens with two attached hydrogens (primary N) is 1. The number of amidine groups is 1. The number of hydrogen-bond acceptors (Lipinski definition) is 9. The number of anilines is 2. The Kier molecular flexibility index (Phi) is 12.7. The number of hydrogen-bond donors (Lipinski definition) is 5. The van der Waals surface area contributed by atoms with Gasteiger partial charge in [-0.05, 0) is 79.4 Å². The highest BCUT2D eigenvalue weighted by Gasteiger charge is 2.34. The summed E-state index contributed by atoms with van der Waals surface area (Å²) >= 11 is 9.09. The summed E-state index contributed by atoms with van der Waals surface area (Å²) in [6.07, 6.45) is -4.53. The van der Waals surface area contributed by atoms with Crippen LogP contribution in [0.1, 0.15) is 27.8 Å². The molecule has 22 heteroatoms. The number of halogens is 8. The number of rotatable bonds is 8. The van der Waals surface area contributed by atoms with E-state index in [-0.39, 0.29) is 46.2 Å². The first-order chi connectivity index (χ1) is 27.5. The van der Waals surface area contributed by atoms with E-state index in [9.17, 15) is 35.9 Å². The lowest BCUT2D eigenvalue weighted by Gasteiger charge is -2.13. The molecule has 0 atom stereocenters. The minimum atomic E-state index is -4.56. The van der Waals surface area contributed by atoms with Crippen molar-refractivity contribution >= 4 is 110 Å². The molecule has 6 N–H and O–H groups in total. The molecule has 5 heterocycles. The fourth-order valence-corrected chi connectivity index (χ4v) is 8.88. The van der Waals surface area contributed by atoms with E-state index in [1.165, 1.54) is 48.3 Å². The minimum absolute atomic E-state index is 0.000971. The van der Waals surface area contributed by atoms with E-state index >= 15 is 0 Å². The van der Waals surface area contributed by atoms with Gasteiger partial charge < -0.3 is 16.4 Å². The molecule has 0 fully saturated rings. The van der Waals surface area contributed by atoms with Crippen LogP contribution in [0.2, 0.25) is 0 Å². The number of aromatic nitrogens is 5. The Morgan fingerprint density at radius 3 is 2.14 bits per heavy atom. The van der Waals surface area contributed by atoms with Crippen molar-refractivity contribution in [3.63, 3.8) is 0 Å². The van der Waals surface area contributed by atoms with Crippen LogP contribution in [-0.2, 0) is 34.8 Å². The second-order valence-corrected chi connectivity index (χ2v) is 15.4. The number of fused-ring (bicyclic) bond motifs is 2. The number of aliphatic imine (C=N–C) groups is 1. The highest BCUT2D eigenvalue weighted by Crippen LogP contribution is 2.40. The SMILES string of the molecule is N=C(N=CN)c1c(Br)csc1NC(=O)Cc1cc(C(F)(F)F)cc2ncccc12.O=C(Cc1cc(C(F)(F)F)c2cccnc2c1)Nc1scc(Br)c1-c1ncn[nH]1. The number of thiophene rings is 2. The zero-order valence-electron chi connectivity index (χ0n) is 29.0. The molecular formula is C36H24Br2F6N10O2S2. The number of benzene rings is 2. The standard InChI is InChI=1S/C18H11BrF3N5OS.C18H13BrF3N5OS/c19-12-7-29-17(15(12)16-24-8-25-27-16)26-14(28)6-9-4-11(18(20,21)22)10-2-1-3-23-13(10)5-9;19-12-7-29-17(15(12)16(24)26-8-23)27-14(28)5-9-4-10(18(20,21)22)6-13-11(9)2-1-3-25-13/h1-5,7-8H,6H2,(H,26,28)(H,24,25,27);1-4,6-8H,5H2,(H,27,28)(H3,23,24,26). The van der Waals surface area contributed by atoms with Gasteiger partial charge in [-0.25, -0.2) is 9.98 Å². The lowest BCUT2D eigenvalue weighted by molar-refractivity contribution is -0.138. The van der Waals surface area contributed by atoms with E-state index in [2.05, 4.69) is 72.6 Å². The molecule has 0 saturated heterocycles. The molecule has 0 aliphatic rings. The normalized spacial score (nSPS) is 11.8. The number of carbonyl (C=O) groups excluding carboxylic acids is 2. The molecule has 0 radical (unpaired) electrons. The summed E-state index contributed by atoms with van der Waals surface area (Å²) in [4.78, 5) is 40.9. The molecule has 0 saturated carbocycles. The number of amides is 2. The van der Waals surface area contributed by atoms with Gasteiger partial charge in [-0.3, -0.25) is 30.1 Å². The quantitative estimate of drug-likeness (QED) is 0.0570. The zero-order valence-corrected chi connectivity index (χ0v) is 33.8. The van der Waals surface area contributed by atoms with E-state index in [0.29, 0.717) is 41.3 Å². The molecule has 0 spiro atoms. The molecule has 0 aliphatic heterocycles. The van der Waals surface area contributed by atoms with Gasteiger partial charge in [0.25, 0.3) is 0 Å². The van der Waals surface area contributed by atoms with E-state index in [4.69, 9.17) is 11.1 Å². The maximum absolute atomic E-state index is 13.4. The first kappa shape index (κ1) is 42.0. The first-order valence-corrected chi connectivity index (χ1v) is 19.6. The molecular weight excluding hydrogens is 942 g/mol. The van der Waals surface area contributed by atoms with Crippen molar-refractivity contribution in [3.05, 3.63) is 115 Å². The van der Waals surface area contributed by atoms with Crippen LogP contribution in [0.4, 0.5) is 36.3 Å². The maximum Gasteiger partial charge on any atom is 0.417 e. The van der Waals surface area contributed by atoms with E-state index in [1.807, 2.05) is 0 Å². The topological polar surface area (TPSA) is 188 Å². The summed E-state index contributed by atoms with van der Waals surface area (Å²) in [5.41, 5.74) is 5.25. The predicted molar refractivity (Wildman–Crippen MR) is 217 cm³/mol. The molecule has 2 amide bonds. The molecule has 7 aromatic rings. The van der Waals surface area contributed by atoms with Crippen molar-refractivity contribution in [1.82, 2.24) is 25.1 Å². The van der Waals surface area contributed by atoms with Crippen LogP contribution in [0.25, 0.3) is 33.2 Å². The lowest BCUT2D eigenvalue weighted by atomic mass is 10.0. The minimum Gasteiger partial charge on any atom is -0.390 e. The Hall–Kier alpha value is -5.58. The van der Waals surface area contributed by atoms with Gasteiger partial charge >= 0.3 is 12.4 Å². The largest absolute Gasteiger partial charge is 0.417 e. The Balaban J connectivity index is 0.000000196. The van der Waals surface area contributed by atoms with Crippen LogP contribution >= 0.6 is 54.5 Å². The van der Waals surface area contributed by atoms with E-state index < -0.39 is 35.3 Å². The Labute approximate surface area is 347 Å². The van der Waals surface area contributed by atoms with E-state index in [0.717, 1.165) is 35.9 Å². The highest BCUT2D eigenvalue weighted by atomic mass is 79.9. The number of alkyl halides is 6. The van der Waals surface area contributed by atoms with Crippen molar-refractivity contribution in [2.45, 2.75) is 25.2 Å². The van der Waals surface area contributed by atoms with E-state index in [1.54, 1.807) is 22.9 Å². The van der Waals surface area contributed by atoms with Gasteiger partial charge in [0.15, 0.2) is 11.7 Å². The molecule has 2 aromatic carbocycles. The Morgan fingerprint density at radius 1 is 0.845 bits per heavy atom. The third-order valence-corrected chi connectivity index (χ3v) is 11.7. The molecule has 0 bridgehead atoms. The molecule has 298 valence electrons. The third kappa shape index (κ3) is 9.74. The smallest absolute Gasteiger partial charge is 0.390 e. The van der Waals surface area contributed by atoms with Crippen LogP contribution in [0, 0.1) is 5.41 Å². The number of carbonyl (C=O) groups is 2. The Bertz CT molecular complexity index is 2680. The molecule has 5 aromatic heterocycles. The third-order valence-electron chi connectivity index (χ3n) is 8.03. The Morgan fingerprint density at radius 2 is 1.48 bits per heavy atom. The first-order valence-electron chi connectivity index (χ1n) is 16.3. The molecule has 0 aliphatic carbocycles. The van der Waals surface area contributed by atoms with Gasteiger partial charge in [0, 0.05) is 42.9 Å². The second-order valence-electron chi connectivity index (χ2n) is 11.9. The van der Waals surface area contributed by atoms with Gasteiger partial charge in [-0.2, -0.15) is 31.4 Å². The van der Waals surface area contributed by atoms with Crippen LogP contribution in [0.5, 0.6) is 0 Å². The average Bonchev–Trinajstić information content (AvgIpc) is 3.91. The van der Waals surface area contributed by atoms with Crippen molar-refractivity contribution in [2.24, 2.45) is 10.7 Å². The maximum atomic E-state index is 13.4. The molecule has 58 heavy (non-hydrogen) atoms. The summed E-state index contributed by atoms with van der Waals surface area (Å²) in [7, 11) is 0. The summed E-state index contributed by atoms with van der Waals surface area (Å²) in [6, 6.07) is 10.4. The number of nitrogens with one attached hydrogen (secondary N) is 4. The summed E-state index contributed by atoms with van der Waals surface area (Å²) in [5, 5.41) is 24.5. The summed E-state index contributed by atoms with van der Waals surface area (Å²) in [6.45, 7) is 0. The fraction of sp³-hybridized carbons (Fsp3) is 0.111. The molecule has 12 nitrogen and oxygen atoms in total. The van der Waals surface area contributed by atoms with Crippen molar-refractivity contribution in [2.75, 3.05) is 10.6 Å². The zero-order chi connectivity index (χ0) is 41.8. The van der Waals surface area contributed by atoms with Gasteiger partial charge in [0.1, 0.15) is 16.3 Å². The van der Waals surface area contributed by atoms with Crippen LogP contribution < -0.4 is 16.4 Å². The van der Waals surface area contributed by atoms with Crippen LogP contribution in [-0.4, -0.2) is 49.1 Å². The fourth-order valence-electron chi connectivity index (χ4n) is 5.61. The van der Waals surface area contributed by atoms with Crippen molar-refractivity contribution in [3.8, 4) is 11.4 Å². The number of aromatic amines is 1. The van der Waals surface area contributed by atoms with Gasteiger partial charge in [-0.15, -0.1) is 22.7 Å². The van der Waals surface area contributed by atoms with Gasteiger partial charge in [0.05, 0.1) is 52.5 Å². The number of nitrogens with zero attached hydrogens (tertiary/aromatic N) is 5. The van der Waals surface area contributed by atoms with Gasteiger partial charge in [0.2, 0.25) is 11.8 Å². The van der Waals surface area contributed by atoms with Crippen molar-refractivity contribution in [1.29, 1.82) is 5.41 Å². The average molecular weight is 967 g/mol. The molecule has 7 rings (SSSR count).